The molecule has 2 aromatic rings. The lowest BCUT2D eigenvalue weighted by Crippen LogP contribution is -2.15. The third-order valence-corrected chi connectivity index (χ3v) is 3.82. The fraction of sp³-hybridized carbons (Fsp3) is 0.0833. The van der Waals surface area contributed by atoms with Gasteiger partial charge in [0.2, 0.25) is 0 Å². The first kappa shape index (κ1) is 12.4. The van der Waals surface area contributed by atoms with Crippen molar-refractivity contribution in [3.05, 3.63) is 48.3 Å². The highest BCUT2D eigenvalue weighted by atomic mass is 32.2. The van der Waals surface area contributed by atoms with Crippen LogP contribution in [0.4, 0.5) is 11.4 Å². The van der Waals surface area contributed by atoms with Crippen LogP contribution < -0.4 is 10.5 Å². The molecule has 0 bridgehead atoms. The fourth-order valence-electron chi connectivity index (χ4n) is 1.53. The van der Waals surface area contributed by atoms with Gasteiger partial charge in [-0.05, 0) is 30.7 Å². The summed E-state index contributed by atoms with van der Waals surface area (Å²) in [5, 5.41) is 0. The van der Waals surface area contributed by atoms with Crippen LogP contribution in [0.2, 0.25) is 0 Å². The van der Waals surface area contributed by atoms with E-state index in [2.05, 4.69) is 9.71 Å². The van der Waals surface area contributed by atoms with E-state index in [1.165, 1.54) is 18.5 Å². The average Bonchev–Trinajstić information content (AvgIpc) is 2.35. The van der Waals surface area contributed by atoms with Gasteiger partial charge in [0.25, 0.3) is 10.0 Å². The van der Waals surface area contributed by atoms with Gasteiger partial charge in [-0.2, -0.15) is 0 Å². The van der Waals surface area contributed by atoms with Gasteiger partial charge in [0.1, 0.15) is 4.90 Å². The van der Waals surface area contributed by atoms with Crippen molar-refractivity contribution in [2.45, 2.75) is 11.8 Å². The molecule has 0 aliphatic rings. The van der Waals surface area contributed by atoms with E-state index in [0.717, 1.165) is 5.56 Å². The molecule has 5 nitrogen and oxygen atoms in total. The van der Waals surface area contributed by atoms with Gasteiger partial charge < -0.3 is 5.73 Å². The molecule has 6 heteroatoms. The highest BCUT2D eigenvalue weighted by Crippen LogP contribution is 2.25. The van der Waals surface area contributed by atoms with Crippen molar-refractivity contribution in [2.24, 2.45) is 0 Å². The van der Waals surface area contributed by atoms with E-state index in [4.69, 9.17) is 5.73 Å². The molecular weight excluding hydrogens is 250 g/mol. The van der Waals surface area contributed by atoms with E-state index in [9.17, 15) is 8.42 Å². The van der Waals surface area contributed by atoms with Crippen LogP contribution in [0, 0.1) is 6.92 Å². The first-order valence-corrected chi connectivity index (χ1v) is 6.77. The molecule has 1 aromatic carbocycles. The number of pyridine rings is 1. The number of anilines is 2. The molecule has 0 spiro atoms. The Labute approximate surface area is 106 Å². The highest BCUT2D eigenvalue weighted by molar-refractivity contribution is 7.92. The minimum Gasteiger partial charge on any atom is -0.397 e. The Kier molecular flexibility index (Phi) is 3.20. The molecule has 3 N–H and O–H groups in total. The van der Waals surface area contributed by atoms with Gasteiger partial charge in [-0.15, -0.1) is 0 Å². The van der Waals surface area contributed by atoms with Gasteiger partial charge in [0, 0.05) is 12.4 Å². The molecule has 18 heavy (non-hydrogen) atoms. The minimum atomic E-state index is -3.65. The molecule has 0 unspecified atom stereocenters. The molecule has 1 heterocycles. The zero-order valence-corrected chi connectivity index (χ0v) is 10.6. The molecule has 0 saturated heterocycles. The molecule has 94 valence electrons. The van der Waals surface area contributed by atoms with Gasteiger partial charge in [-0.3, -0.25) is 9.71 Å². The second-order valence-corrected chi connectivity index (χ2v) is 5.52. The monoisotopic (exact) mass is 263 g/mol. The summed E-state index contributed by atoms with van der Waals surface area (Å²) < 4.78 is 26.7. The summed E-state index contributed by atoms with van der Waals surface area (Å²) in [6, 6.07) is 8.25. The van der Waals surface area contributed by atoms with Crippen molar-refractivity contribution in [1.82, 2.24) is 4.98 Å². The van der Waals surface area contributed by atoms with Crippen LogP contribution in [0.25, 0.3) is 0 Å². The maximum absolute atomic E-state index is 12.1. The summed E-state index contributed by atoms with van der Waals surface area (Å²) in [5.41, 5.74) is 7.33. The number of sulfonamides is 1. The minimum absolute atomic E-state index is 0.104. The zero-order chi connectivity index (χ0) is 13.2. The van der Waals surface area contributed by atoms with E-state index in [1.807, 2.05) is 0 Å². The SMILES string of the molecule is Cc1cccc(N)c1NS(=O)(=O)c1cccnc1. The summed E-state index contributed by atoms with van der Waals surface area (Å²) in [7, 11) is -3.65. The molecule has 0 radical (unpaired) electrons. The number of hydrogen-bond acceptors (Lipinski definition) is 4. The van der Waals surface area contributed by atoms with Crippen molar-refractivity contribution in [3.8, 4) is 0 Å². The van der Waals surface area contributed by atoms with Gasteiger partial charge in [-0.1, -0.05) is 12.1 Å². The van der Waals surface area contributed by atoms with Crippen molar-refractivity contribution >= 4 is 21.4 Å². The number of nitrogen functional groups attached to an aromatic ring is 1. The normalized spacial score (nSPS) is 11.2. The highest BCUT2D eigenvalue weighted by Gasteiger charge is 2.16. The summed E-state index contributed by atoms with van der Waals surface area (Å²) in [6.45, 7) is 1.79. The van der Waals surface area contributed by atoms with Crippen LogP contribution in [0.3, 0.4) is 0 Å². The van der Waals surface area contributed by atoms with Crippen molar-refractivity contribution < 1.29 is 8.42 Å². The lowest BCUT2D eigenvalue weighted by Gasteiger charge is -2.12. The van der Waals surface area contributed by atoms with E-state index < -0.39 is 10.0 Å². The lowest BCUT2D eigenvalue weighted by molar-refractivity contribution is 0.601. The average molecular weight is 263 g/mol. The van der Waals surface area contributed by atoms with Crippen molar-refractivity contribution in [2.75, 3.05) is 10.5 Å². The maximum Gasteiger partial charge on any atom is 0.263 e. The van der Waals surface area contributed by atoms with Gasteiger partial charge in [0.05, 0.1) is 11.4 Å². The van der Waals surface area contributed by atoms with E-state index >= 15 is 0 Å². The predicted molar refractivity (Wildman–Crippen MR) is 70.6 cm³/mol. The zero-order valence-electron chi connectivity index (χ0n) is 9.79. The Balaban J connectivity index is 2.41. The second kappa shape index (κ2) is 4.66. The number of benzene rings is 1. The Morgan fingerprint density at radius 1 is 1.22 bits per heavy atom. The van der Waals surface area contributed by atoms with E-state index in [-0.39, 0.29) is 4.90 Å². The van der Waals surface area contributed by atoms with E-state index in [0.29, 0.717) is 11.4 Å². The Hall–Kier alpha value is -2.08. The van der Waals surface area contributed by atoms with Crippen LogP contribution in [0.1, 0.15) is 5.56 Å². The molecule has 2 rings (SSSR count). The number of rotatable bonds is 3. The third-order valence-electron chi connectivity index (χ3n) is 2.49. The largest absolute Gasteiger partial charge is 0.397 e. The van der Waals surface area contributed by atoms with Gasteiger partial charge in [0.15, 0.2) is 0 Å². The molecule has 0 atom stereocenters. The molecule has 0 saturated carbocycles. The van der Waals surface area contributed by atoms with Crippen LogP contribution >= 0.6 is 0 Å². The van der Waals surface area contributed by atoms with Crippen molar-refractivity contribution in [3.63, 3.8) is 0 Å². The Bertz CT molecular complexity index is 634. The second-order valence-electron chi connectivity index (χ2n) is 3.83. The number of nitrogens with two attached hydrogens (primary N) is 1. The fourth-order valence-corrected chi connectivity index (χ4v) is 2.65. The molecule has 0 fully saturated rings. The number of nitrogens with zero attached hydrogens (tertiary/aromatic N) is 1. The topological polar surface area (TPSA) is 85.1 Å². The lowest BCUT2D eigenvalue weighted by atomic mass is 10.2. The van der Waals surface area contributed by atoms with Crippen LogP contribution in [0.5, 0.6) is 0 Å². The standard InChI is InChI=1S/C12H13N3O2S/c1-9-4-2-6-11(13)12(9)15-18(16,17)10-5-3-7-14-8-10/h2-8,15H,13H2,1H3. The maximum atomic E-state index is 12.1. The Morgan fingerprint density at radius 3 is 2.61 bits per heavy atom. The molecular formula is C12H13N3O2S. The number of para-hydroxylation sites is 1. The summed E-state index contributed by atoms with van der Waals surface area (Å²) in [5.74, 6) is 0. The summed E-state index contributed by atoms with van der Waals surface area (Å²) in [6.07, 6.45) is 2.80. The van der Waals surface area contributed by atoms with Crippen LogP contribution in [-0.4, -0.2) is 13.4 Å². The van der Waals surface area contributed by atoms with Crippen LogP contribution in [-0.2, 0) is 10.0 Å². The number of nitrogens with one attached hydrogen (secondary N) is 1. The first-order valence-electron chi connectivity index (χ1n) is 5.28. The molecule has 0 aliphatic carbocycles. The Morgan fingerprint density at radius 2 is 2.00 bits per heavy atom. The molecule has 0 aliphatic heterocycles. The quantitative estimate of drug-likeness (QED) is 0.826. The number of aromatic nitrogens is 1. The predicted octanol–water partition coefficient (Wildman–Crippen LogP) is 1.77. The first-order chi connectivity index (χ1) is 8.50. The van der Waals surface area contributed by atoms with Crippen molar-refractivity contribution in [1.29, 1.82) is 0 Å². The van der Waals surface area contributed by atoms with Gasteiger partial charge >= 0.3 is 0 Å². The van der Waals surface area contributed by atoms with Crippen LogP contribution in [0.15, 0.2) is 47.6 Å². The molecule has 0 amide bonds. The summed E-state index contributed by atoms with van der Waals surface area (Å²) in [4.78, 5) is 3.89. The summed E-state index contributed by atoms with van der Waals surface area (Å²) >= 11 is 0. The van der Waals surface area contributed by atoms with E-state index in [1.54, 1.807) is 31.2 Å². The number of aryl methyl sites for hydroxylation is 1. The molecule has 1 aromatic heterocycles. The van der Waals surface area contributed by atoms with Gasteiger partial charge in [-0.25, -0.2) is 8.42 Å². The third kappa shape index (κ3) is 2.43. The smallest absolute Gasteiger partial charge is 0.263 e. The number of hydrogen-bond donors (Lipinski definition) is 2.